The minimum Gasteiger partial charge on any atom is -0.353 e. The van der Waals surface area contributed by atoms with Gasteiger partial charge in [-0.3, -0.25) is 4.79 Å². The molecule has 1 aliphatic rings. The van der Waals surface area contributed by atoms with E-state index in [0.29, 0.717) is 5.95 Å². The molecule has 21 heavy (non-hydrogen) atoms. The lowest BCUT2D eigenvalue weighted by Gasteiger charge is -2.35. The normalized spacial score (nSPS) is 16.0. The smallest absolute Gasteiger partial charge is 0.225 e. The van der Waals surface area contributed by atoms with Gasteiger partial charge >= 0.3 is 0 Å². The molecule has 2 rings (SSSR count). The van der Waals surface area contributed by atoms with Gasteiger partial charge in [-0.2, -0.15) is 4.98 Å². The van der Waals surface area contributed by atoms with Crippen LogP contribution in [0.4, 0.5) is 11.8 Å². The van der Waals surface area contributed by atoms with Crippen LogP contribution in [-0.2, 0) is 4.79 Å². The van der Waals surface area contributed by atoms with Crippen LogP contribution in [0.5, 0.6) is 0 Å². The number of aromatic nitrogens is 2. The summed E-state index contributed by atoms with van der Waals surface area (Å²) in [7, 11) is 0. The summed E-state index contributed by atoms with van der Waals surface area (Å²) in [4.78, 5) is 24.5. The lowest BCUT2D eigenvalue weighted by molar-refractivity contribution is -0.129. The van der Waals surface area contributed by atoms with Crippen LogP contribution in [0.25, 0.3) is 0 Å². The Morgan fingerprint density at radius 3 is 2.33 bits per heavy atom. The van der Waals surface area contributed by atoms with Crippen molar-refractivity contribution in [3.05, 3.63) is 11.8 Å². The van der Waals surface area contributed by atoms with Crippen molar-refractivity contribution >= 4 is 17.7 Å². The molecule has 0 spiro atoms. The number of carbonyl (C=O) groups is 1. The molecule has 6 heteroatoms. The minimum absolute atomic E-state index is 0.0710. The predicted molar refractivity (Wildman–Crippen MR) is 84.6 cm³/mol. The summed E-state index contributed by atoms with van der Waals surface area (Å²) in [5.74, 6) is 1.73. The molecule has 1 amide bonds. The number of anilines is 2. The first-order valence-corrected chi connectivity index (χ1v) is 7.39. The SMILES string of the molecule is CC(=O)N1CCN(c2cc(C)nc(NC(C)(C)C)n2)CC1. The number of hydrogen-bond acceptors (Lipinski definition) is 5. The third-order valence-corrected chi connectivity index (χ3v) is 3.38. The first-order valence-electron chi connectivity index (χ1n) is 7.39. The van der Waals surface area contributed by atoms with E-state index in [4.69, 9.17) is 0 Å². The number of hydrogen-bond donors (Lipinski definition) is 1. The van der Waals surface area contributed by atoms with Crippen molar-refractivity contribution < 1.29 is 4.79 Å². The van der Waals surface area contributed by atoms with Gasteiger partial charge in [-0.15, -0.1) is 0 Å². The van der Waals surface area contributed by atoms with Gasteiger partial charge in [0, 0.05) is 50.4 Å². The van der Waals surface area contributed by atoms with Crippen molar-refractivity contribution in [1.29, 1.82) is 0 Å². The Morgan fingerprint density at radius 2 is 1.81 bits per heavy atom. The average molecular weight is 291 g/mol. The summed E-state index contributed by atoms with van der Waals surface area (Å²) in [5, 5.41) is 3.32. The van der Waals surface area contributed by atoms with Crippen LogP contribution in [0, 0.1) is 6.92 Å². The Bertz CT molecular complexity index is 515. The van der Waals surface area contributed by atoms with E-state index in [0.717, 1.165) is 37.7 Å². The second-order valence-corrected chi connectivity index (χ2v) is 6.56. The van der Waals surface area contributed by atoms with E-state index in [9.17, 15) is 4.79 Å². The molecule has 0 bridgehead atoms. The summed E-state index contributed by atoms with van der Waals surface area (Å²) >= 11 is 0. The van der Waals surface area contributed by atoms with E-state index in [1.54, 1.807) is 6.92 Å². The molecule has 2 heterocycles. The zero-order valence-electron chi connectivity index (χ0n) is 13.6. The van der Waals surface area contributed by atoms with E-state index >= 15 is 0 Å². The van der Waals surface area contributed by atoms with Crippen molar-refractivity contribution in [3.8, 4) is 0 Å². The van der Waals surface area contributed by atoms with Crippen LogP contribution in [0.1, 0.15) is 33.4 Å². The van der Waals surface area contributed by atoms with E-state index in [2.05, 4.69) is 41.0 Å². The highest BCUT2D eigenvalue weighted by Crippen LogP contribution is 2.19. The van der Waals surface area contributed by atoms with E-state index < -0.39 is 0 Å². The molecule has 0 atom stereocenters. The quantitative estimate of drug-likeness (QED) is 0.898. The molecule has 6 nitrogen and oxygen atoms in total. The number of nitrogens with one attached hydrogen (secondary N) is 1. The van der Waals surface area contributed by atoms with Crippen molar-refractivity contribution in [2.75, 3.05) is 36.4 Å². The fourth-order valence-corrected chi connectivity index (χ4v) is 2.36. The molecule has 1 saturated heterocycles. The first kappa shape index (κ1) is 15.5. The number of piperazine rings is 1. The Labute approximate surface area is 126 Å². The maximum atomic E-state index is 11.4. The molecule has 1 fully saturated rings. The fourth-order valence-electron chi connectivity index (χ4n) is 2.36. The van der Waals surface area contributed by atoms with Gasteiger partial charge in [0.1, 0.15) is 5.82 Å². The van der Waals surface area contributed by atoms with Crippen LogP contribution < -0.4 is 10.2 Å². The largest absolute Gasteiger partial charge is 0.353 e. The number of nitrogens with zero attached hydrogens (tertiary/aromatic N) is 4. The van der Waals surface area contributed by atoms with Crippen molar-refractivity contribution in [2.24, 2.45) is 0 Å². The van der Waals surface area contributed by atoms with Gasteiger partial charge in [0.25, 0.3) is 0 Å². The zero-order valence-corrected chi connectivity index (χ0v) is 13.6. The second kappa shape index (κ2) is 5.87. The van der Waals surface area contributed by atoms with Crippen LogP contribution in [0.2, 0.25) is 0 Å². The van der Waals surface area contributed by atoms with Gasteiger partial charge in [-0.1, -0.05) is 0 Å². The number of amides is 1. The molecule has 1 aromatic heterocycles. The fraction of sp³-hybridized carbons (Fsp3) is 0.667. The molecule has 116 valence electrons. The summed E-state index contributed by atoms with van der Waals surface area (Å²) in [6.07, 6.45) is 0. The average Bonchev–Trinajstić information content (AvgIpc) is 2.36. The lowest BCUT2D eigenvalue weighted by Crippen LogP contribution is -2.48. The van der Waals surface area contributed by atoms with E-state index in [-0.39, 0.29) is 11.4 Å². The second-order valence-electron chi connectivity index (χ2n) is 6.56. The number of aryl methyl sites for hydroxylation is 1. The standard InChI is InChI=1S/C15H25N5O/c1-11-10-13(17-14(16-11)18-15(3,4)5)20-8-6-19(7-9-20)12(2)21/h10H,6-9H2,1-5H3,(H,16,17,18). The van der Waals surface area contributed by atoms with Crippen molar-refractivity contribution in [1.82, 2.24) is 14.9 Å². The Balaban J connectivity index is 2.12. The van der Waals surface area contributed by atoms with E-state index in [1.165, 1.54) is 0 Å². The molecule has 1 N–H and O–H groups in total. The number of carbonyl (C=O) groups excluding carboxylic acids is 1. The highest BCUT2D eigenvalue weighted by molar-refractivity contribution is 5.73. The van der Waals surface area contributed by atoms with Crippen LogP contribution in [0.3, 0.4) is 0 Å². The molecule has 0 saturated carbocycles. The summed E-state index contributed by atoms with van der Waals surface area (Å²) in [6.45, 7) is 13.0. The molecule has 0 radical (unpaired) electrons. The summed E-state index contributed by atoms with van der Waals surface area (Å²) in [5.41, 5.74) is 0.874. The van der Waals surface area contributed by atoms with Crippen LogP contribution in [-0.4, -0.2) is 52.5 Å². The molecule has 1 aromatic rings. The molecule has 0 aliphatic carbocycles. The Hall–Kier alpha value is -1.85. The van der Waals surface area contributed by atoms with Gasteiger partial charge in [-0.25, -0.2) is 4.98 Å². The first-order chi connectivity index (χ1) is 9.74. The molecule has 0 unspecified atom stereocenters. The number of rotatable bonds is 2. The summed E-state index contributed by atoms with van der Waals surface area (Å²) in [6, 6.07) is 2.00. The van der Waals surface area contributed by atoms with E-state index in [1.807, 2.05) is 17.9 Å². The summed E-state index contributed by atoms with van der Waals surface area (Å²) < 4.78 is 0. The lowest BCUT2D eigenvalue weighted by atomic mass is 10.1. The van der Waals surface area contributed by atoms with Gasteiger partial charge in [0.2, 0.25) is 11.9 Å². The maximum absolute atomic E-state index is 11.4. The third kappa shape index (κ3) is 4.31. The maximum Gasteiger partial charge on any atom is 0.225 e. The van der Waals surface area contributed by atoms with Crippen LogP contribution in [0.15, 0.2) is 6.07 Å². The van der Waals surface area contributed by atoms with Gasteiger partial charge in [0.05, 0.1) is 0 Å². The Kier molecular flexibility index (Phi) is 4.34. The van der Waals surface area contributed by atoms with Crippen molar-refractivity contribution in [3.63, 3.8) is 0 Å². The third-order valence-electron chi connectivity index (χ3n) is 3.38. The minimum atomic E-state index is -0.0710. The zero-order chi connectivity index (χ0) is 15.6. The predicted octanol–water partition coefficient (Wildman–Crippen LogP) is 1.66. The molecular formula is C15H25N5O. The molecular weight excluding hydrogens is 266 g/mol. The topological polar surface area (TPSA) is 61.4 Å². The highest BCUT2D eigenvalue weighted by atomic mass is 16.2. The van der Waals surface area contributed by atoms with Crippen LogP contribution >= 0.6 is 0 Å². The van der Waals surface area contributed by atoms with Crippen molar-refractivity contribution in [2.45, 2.75) is 40.2 Å². The highest BCUT2D eigenvalue weighted by Gasteiger charge is 2.21. The monoisotopic (exact) mass is 291 g/mol. The van der Waals surface area contributed by atoms with Gasteiger partial charge in [0.15, 0.2) is 0 Å². The molecule has 1 aliphatic heterocycles. The molecule has 0 aromatic carbocycles. The van der Waals surface area contributed by atoms with Gasteiger partial charge in [-0.05, 0) is 27.7 Å². The Morgan fingerprint density at radius 1 is 1.19 bits per heavy atom. The van der Waals surface area contributed by atoms with Gasteiger partial charge < -0.3 is 15.1 Å².